The Kier molecular flexibility index (Phi) is 3.36. The Labute approximate surface area is 101 Å². The second kappa shape index (κ2) is 4.33. The van der Waals surface area contributed by atoms with Crippen molar-refractivity contribution in [3.8, 4) is 0 Å². The van der Waals surface area contributed by atoms with E-state index >= 15 is 0 Å². The molecule has 0 heterocycles. The van der Waals surface area contributed by atoms with Crippen LogP contribution < -0.4 is 0 Å². The molecule has 2 aliphatic rings. The van der Waals surface area contributed by atoms with Crippen LogP contribution >= 0.6 is 0 Å². The lowest BCUT2D eigenvalue weighted by Gasteiger charge is -2.32. The summed E-state index contributed by atoms with van der Waals surface area (Å²) >= 11 is 0. The molecule has 2 rings (SSSR count). The van der Waals surface area contributed by atoms with Gasteiger partial charge in [0.15, 0.2) is 0 Å². The third-order valence-electron chi connectivity index (χ3n) is 5.49. The first-order valence-corrected chi connectivity index (χ1v) is 7.12. The summed E-state index contributed by atoms with van der Waals surface area (Å²) in [5.74, 6) is 4.11. The second-order valence-corrected chi connectivity index (χ2v) is 7.02. The lowest BCUT2D eigenvalue weighted by atomic mass is 9.77. The van der Waals surface area contributed by atoms with Gasteiger partial charge in [-0.1, -0.05) is 26.7 Å². The summed E-state index contributed by atoms with van der Waals surface area (Å²) in [5, 5.41) is 10.3. The van der Waals surface area contributed by atoms with Crippen molar-refractivity contribution >= 4 is 0 Å². The van der Waals surface area contributed by atoms with Gasteiger partial charge in [-0.15, -0.1) is 0 Å². The number of hydrogen-bond donors (Lipinski definition) is 1. The van der Waals surface area contributed by atoms with Gasteiger partial charge in [0.2, 0.25) is 0 Å². The van der Waals surface area contributed by atoms with E-state index in [0.29, 0.717) is 5.92 Å². The van der Waals surface area contributed by atoms with Crippen LogP contribution in [0.1, 0.15) is 59.8 Å². The minimum absolute atomic E-state index is 0.475. The van der Waals surface area contributed by atoms with E-state index in [-0.39, 0.29) is 0 Å². The highest BCUT2D eigenvalue weighted by molar-refractivity contribution is 4.92. The smallest absolute Gasteiger partial charge is 0.0619 e. The van der Waals surface area contributed by atoms with Crippen molar-refractivity contribution in [2.24, 2.45) is 29.6 Å². The van der Waals surface area contributed by atoms with E-state index in [1.807, 2.05) is 13.8 Å². The summed E-state index contributed by atoms with van der Waals surface area (Å²) in [6.45, 7) is 8.86. The molecular formula is C15H28O. The van der Waals surface area contributed by atoms with Crippen LogP contribution in [-0.2, 0) is 0 Å². The van der Waals surface area contributed by atoms with Crippen molar-refractivity contribution in [3.05, 3.63) is 0 Å². The van der Waals surface area contributed by atoms with Crippen molar-refractivity contribution in [1.82, 2.24) is 0 Å². The molecule has 0 bridgehead atoms. The molecule has 5 unspecified atom stereocenters. The standard InChI is InChI=1S/C15H28O/c1-10-5-7-12(15(3,4)16)9-14-11(2)6-8-13(10)14/h10-14,16H,5-9H2,1-4H3. The van der Waals surface area contributed by atoms with Crippen molar-refractivity contribution < 1.29 is 5.11 Å². The zero-order chi connectivity index (χ0) is 11.9. The van der Waals surface area contributed by atoms with Crippen LogP contribution in [-0.4, -0.2) is 10.7 Å². The molecular weight excluding hydrogens is 196 g/mol. The molecule has 2 aliphatic carbocycles. The largest absolute Gasteiger partial charge is 0.390 e. The van der Waals surface area contributed by atoms with Gasteiger partial charge in [-0.2, -0.15) is 0 Å². The van der Waals surface area contributed by atoms with E-state index in [0.717, 1.165) is 23.7 Å². The first kappa shape index (κ1) is 12.4. The zero-order valence-electron chi connectivity index (χ0n) is 11.4. The summed E-state index contributed by atoms with van der Waals surface area (Å²) in [5.41, 5.74) is -0.475. The van der Waals surface area contributed by atoms with E-state index in [9.17, 15) is 5.11 Å². The third kappa shape index (κ3) is 2.30. The van der Waals surface area contributed by atoms with Gasteiger partial charge in [0, 0.05) is 0 Å². The monoisotopic (exact) mass is 224 g/mol. The van der Waals surface area contributed by atoms with Crippen molar-refractivity contribution in [1.29, 1.82) is 0 Å². The molecule has 0 spiro atoms. The highest BCUT2D eigenvalue weighted by Gasteiger charge is 2.42. The normalized spacial score (nSPS) is 45.2. The molecule has 0 aliphatic heterocycles. The fraction of sp³-hybridized carbons (Fsp3) is 1.00. The maximum absolute atomic E-state index is 10.3. The van der Waals surface area contributed by atoms with Gasteiger partial charge in [-0.05, 0) is 62.7 Å². The topological polar surface area (TPSA) is 20.2 Å². The fourth-order valence-electron chi connectivity index (χ4n) is 4.19. The first-order chi connectivity index (χ1) is 7.39. The van der Waals surface area contributed by atoms with Crippen LogP contribution in [0.5, 0.6) is 0 Å². The molecule has 1 heteroatoms. The van der Waals surface area contributed by atoms with E-state index in [1.54, 1.807) is 0 Å². The summed E-state index contributed by atoms with van der Waals surface area (Å²) in [6, 6.07) is 0. The Morgan fingerprint density at radius 1 is 0.875 bits per heavy atom. The van der Waals surface area contributed by atoms with Crippen molar-refractivity contribution in [3.63, 3.8) is 0 Å². The van der Waals surface area contributed by atoms with Crippen LogP contribution in [0, 0.1) is 29.6 Å². The van der Waals surface area contributed by atoms with E-state index in [2.05, 4.69) is 13.8 Å². The Balaban J connectivity index is 2.13. The second-order valence-electron chi connectivity index (χ2n) is 7.02. The van der Waals surface area contributed by atoms with Gasteiger partial charge in [-0.3, -0.25) is 0 Å². The highest BCUT2D eigenvalue weighted by atomic mass is 16.3. The fourth-order valence-corrected chi connectivity index (χ4v) is 4.19. The highest BCUT2D eigenvalue weighted by Crippen LogP contribution is 2.50. The van der Waals surface area contributed by atoms with Crippen molar-refractivity contribution in [2.45, 2.75) is 65.4 Å². The Bertz CT molecular complexity index is 240. The number of hydrogen-bond acceptors (Lipinski definition) is 1. The average molecular weight is 224 g/mol. The van der Waals surface area contributed by atoms with E-state index in [1.165, 1.54) is 32.1 Å². The van der Waals surface area contributed by atoms with E-state index in [4.69, 9.17) is 0 Å². The predicted octanol–water partition coefficient (Wildman–Crippen LogP) is 3.86. The van der Waals surface area contributed by atoms with Crippen LogP contribution in [0.15, 0.2) is 0 Å². The molecule has 0 aromatic rings. The molecule has 0 amide bonds. The van der Waals surface area contributed by atoms with Gasteiger partial charge < -0.3 is 5.11 Å². The summed E-state index contributed by atoms with van der Waals surface area (Å²) in [7, 11) is 0. The maximum atomic E-state index is 10.3. The van der Waals surface area contributed by atoms with Crippen LogP contribution in [0.4, 0.5) is 0 Å². The predicted molar refractivity (Wildman–Crippen MR) is 68.2 cm³/mol. The van der Waals surface area contributed by atoms with Crippen LogP contribution in [0.2, 0.25) is 0 Å². The number of rotatable bonds is 1. The Hall–Kier alpha value is -0.0400. The van der Waals surface area contributed by atoms with Gasteiger partial charge in [0.25, 0.3) is 0 Å². The van der Waals surface area contributed by atoms with Crippen molar-refractivity contribution in [2.75, 3.05) is 0 Å². The van der Waals surface area contributed by atoms with Crippen LogP contribution in [0.3, 0.4) is 0 Å². The molecule has 16 heavy (non-hydrogen) atoms. The first-order valence-electron chi connectivity index (χ1n) is 7.12. The molecule has 0 saturated heterocycles. The van der Waals surface area contributed by atoms with Gasteiger partial charge in [-0.25, -0.2) is 0 Å². The summed E-state index contributed by atoms with van der Waals surface area (Å²) in [6.07, 6.45) is 6.66. The molecule has 1 N–H and O–H groups in total. The quantitative estimate of drug-likeness (QED) is 0.717. The van der Waals surface area contributed by atoms with Gasteiger partial charge >= 0.3 is 0 Å². The van der Waals surface area contributed by atoms with Gasteiger partial charge in [0.1, 0.15) is 0 Å². The SMILES string of the molecule is CC1CCC(C(C)(C)O)CC2C(C)CCC12. The lowest BCUT2D eigenvalue weighted by Crippen LogP contribution is -2.32. The molecule has 2 fully saturated rings. The lowest BCUT2D eigenvalue weighted by molar-refractivity contribution is 0.00196. The molecule has 0 aromatic carbocycles. The van der Waals surface area contributed by atoms with Gasteiger partial charge in [0.05, 0.1) is 5.60 Å². The number of aliphatic hydroxyl groups is 1. The number of fused-ring (bicyclic) bond motifs is 1. The minimum Gasteiger partial charge on any atom is -0.390 e. The van der Waals surface area contributed by atoms with E-state index < -0.39 is 5.60 Å². The minimum atomic E-state index is -0.475. The average Bonchev–Trinajstić information content (AvgIpc) is 2.42. The zero-order valence-corrected chi connectivity index (χ0v) is 11.4. The molecule has 0 aromatic heterocycles. The summed E-state index contributed by atoms with van der Waals surface area (Å²) < 4.78 is 0. The molecule has 5 atom stereocenters. The maximum Gasteiger partial charge on any atom is 0.0619 e. The molecule has 1 nitrogen and oxygen atoms in total. The Morgan fingerprint density at radius 3 is 2.06 bits per heavy atom. The molecule has 0 radical (unpaired) electrons. The molecule has 2 saturated carbocycles. The third-order valence-corrected chi connectivity index (χ3v) is 5.49. The summed E-state index contributed by atoms with van der Waals surface area (Å²) in [4.78, 5) is 0. The molecule has 94 valence electrons. The Morgan fingerprint density at radius 2 is 1.44 bits per heavy atom. The van der Waals surface area contributed by atoms with Crippen LogP contribution in [0.25, 0.3) is 0 Å².